The first-order chi connectivity index (χ1) is 15.3. The summed E-state index contributed by atoms with van der Waals surface area (Å²) in [6.45, 7) is 2.32. The maximum absolute atomic E-state index is 12.0. The fourth-order valence-corrected chi connectivity index (χ4v) is 2.60. The number of hydrogen-bond donors (Lipinski definition) is 1. The number of esters is 2. The van der Waals surface area contributed by atoms with E-state index >= 15 is 0 Å². The summed E-state index contributed by atoms with van der Waals surface area (Å²) in [6, 6.07) is 17.3. The van der Waals surface area contributed by atoms with E-state index in [2.05, 4.69) is 10.1 Å². The molecule has 0 aliphatic heterocycles. The van der Waals surface area contributed by atoms with Gasteiger partial charge in [0.15, 0.2) is 0 Å². The molecule has 2 aromatic carbocycles. The second kappa shape index (κ2) is 13.5. The van der Waals surface area contributed by atoms with Crippen LogP contribution in [0.3, 0.4) is 0 Å². The minimum atomic E-state index is -5.18. The number of hydrogen-bond acceptors (Lipinski definition) is 6. The molecule has 9 heteroatoms. The highest BCUT2D eigenvalue weighted by molar-refractivity contribution is 5.88. The van der Waals surface area contributed by atoms with Crippen LogP contribution in [0.4, 0.5) is 13.2 Å². The van der Waals surface area contributed by atoms with Gasteiger partial charge in [-0.25, -0.2) is 4.79 Å². The van der Waals surface area contributed by atoms with Gasteiger partial charge in [-0.2, -0.15) is 13.2 Å². The lowest BCUT2D eigenvalue weighted by molar-refractivity contribution is -0.201. The number of benzene rings is 2. The van der Waals surface area contributed by atoms with E-state index in [1.807, 2.05) is 54.6 Å². The molecule has 174 valence electrons. The molecule has 0 aliphatic rings. The fraction of sp³-hybridized carbons (Fsp3) is 0.391. The lowest BCUT2D eigenvalue weighted by atomic mass is 10.2. The Balaban J connectivity index is 1.51. The average molecular weight is 453 g/mol. The van der Waals surface area contributed by atoms with Crippen LogP contribution in [0.15, 0.2) is 54.6 Å². The Morgan fingerprint density at radius 3 is 2.25 bits per heavy atom. The zero-order valence-electron chi connectivity index (χ0n) is 17.5. The second-order valence-corrected chi connectivity index (χ2v) is 6.92. The van der Waals surface area contributed by atoms with Gasteiger partial charge in [0.1, 0.15) is 5.75 Å². The van der Waals surface area contributed by atoms with Gasteiger partial charge in [-0.1, -0.05) is 42.5 Å². The number of unbranched alkanes of at least 4 members (excludes halogenated alkanes) is 1. The predicted octanol–water partition coefficient (Wildman–Crippen LogP) is 4.17. The maximum Gasteiger partial charge on any atom is 0.491 e. The smallest absolute Gasteiger partial charge is 0.491 e. The molecular weight excluding hydrogens is 427 g/mol. The molecule has 0 heterocycles. The van der Waals surface area contributed by atoms with E-state index < -0.39 is 18.1 Å². The van der Waals surface area contributed by atoms with E-state index in [1.54, 1.807) is 0 Å². The van der Waals surface area contributed by atoms with Crippen LogP contribution >= 0.6 is 0 Å². The highest BCUT2D eigenvalue weighted by Crippen LogP contribution is 2.17. The summed E-state index contributed by atoms with van der Waals surface area (Å²) in [4.78, 5) is 21.7. The molecule has 0 unspecified atom stereocenters. The van der Waals surface area contributed by atoms with Crippen LogP contribution in [-0.2, 0) is 32.2 Å². The molecule has 0 saturated heterocycles. The molecule has 0 amide bonds. The van der Waals surface area contributed by atoms with Crippen molar-refractivity contribution in [3.05, 3.63) is 65.7 Å². The first-order valence-electron chi connectivity index (χ1n) is 10.2. The minimum absolute atomic E-state index is 0.0779. The molecule has 1 N–H and O–H groups in total. The predicted molar refractivity (Wildman–Crippen MR) is 111 cm³/mol. The van der Waals surface area contributed by atoms with Crippen LogP contribution in [0, 0.1) is 0 Å². The summed E-state index contributed by atoms with van der Waals surface area (Å²) in [5, 5.41) is 2.90. The van der Waals surface area contributed by atoms with E-state index in [4.69, 9.17) is 9.47 Å². The van der Waals surface area contributed by atoms with Crippen LogP contribution in [0.25, 0.3) is 0 Å². The number of rotatable bonds is 13. The molecule has 0 aliphatic carbocycles. The van der Waals surface area contributed by atoms with Gasteiger partial charge < -0.3 is 19.5 Å². The van der Waals surface area contributed by atoms with E-state index in [-0.39, 0.29) is 13.0 Å². The summed E-state index contributed by atoms with van der Waals surface area (Å²) < 4.78 is 51.0. The Kier molecular flexibility index (Phi) is 10.7. The van der Waals surface area contributed by atoms with Gasteiger partial charge in [0, 0.05) is 19.7 Å². The van der Waals surface area contributed by atoms with E-state index in [1.165, 1.54) is 0 Å². The molecule has 0 atom stereocenters. The number of ether oxygens (including phenoxy) is 3. The fourth-order valence-electron chi connectivity index (χ4n) is 2.60. The van der Waals surface area contributed by atoms with Crippen LogP contribution in [0.5, 0.6) is 5.75 Å². The number of nitrogens with one attached hydrogen (secondary N) is 1. The Bertz CT molecular complexity index is 826. The van der Waals surface area contributed by atoms with Gasteiger partial charge in [0.2, 0.25) is 0 Å². The molecule has 2 aromatic rings. The zero-order valence-corrected chi connectivity index (χ0v) is 17.5. The number of halogens is 3. The van der Waals surface area contributed by atoms with Crippen molar-refractivity contribution >= 4 is 11.9 Å². The standard InChI is InChI=1S/C23H26F3NO5/c24-23(25,26)22(29)32-21(28)12-13-27-16-18-8-10-20(11-9-18)31-15-5-4-14-30-17-19-6-2-1-3-7-19/h1-3,6-11,27H,4-5,12-17H2. The first-order valence-corrected chi connectivity index (χ1v) is 10.2. The lowest BCUT2D eigenvalue weighted by Crippen LogP contribution is -2.29. The van der Waals surface area contributed by atoms with Gasteiger partial charge in [0.25, 0.3) is 0 Å². The highest BCUT2D eigenvalue weighted by atomic mass is 19.4. The topological polar surface area (TPSA) is 73.9 Å². The van der Waals surface area contributed by atoms with E-state index in [0.717, 1.165) is 29.7 Å². The van der Waals surface area contributed by atoms with Crippen molar-refractivity contribution in [2.24, 2.45) is 0 Å². The Morgan fingerprint density at radius 1 is 0.875 bits per heavy atom. The number of alkyl halides is 3. The maximum atomic E-state index is 12.0. The first kappa shape index (κ1) is 25.4. The van der Waals surface area contributed by atoms with Crippen LogP contribution in [-0.4, -0.2) is 37.9 Å². The van der Waals surface area contributed by atoms with Gasteiger partial charge in [-0.3, -0.25) is 4.79 Å². The van der Waals surface area contributed by atoms with Crippen LogP contribution in [0.2, 0.25) is 0 Å². The minimum Gasteiger partial charge on any atom is -0.494 e. The summed E-state index contributed by atoms with van der Waals surface area (Å²) in [7, 11) is 0. The second-order valence-electron chi connectivity index (χ2n) is 6.92. The molecule has 0 aromatic heterocycles. The Hall–Kier alpha value is -2.91. The van der Waals surface area contributed by atoms with Crippen molar-refractivity contribution in [1.82, 2.24) is 5.32 Å². The van der Waals surface area contributed by atoms with Crippen molar-refractivity contribution in [2.45, 2.75) is 38.6 Å². The number of carbonyl (C=O) groups is 2. The molecule has 32 heavy (non-hydrogen) atoms. The Labute approximate surface area is 184 Å². The quantitative estimate of drug-likeness (QED) is 0.279. The normalized spacial score (nSPS) is 11.2. The summed E-state index contributed by atoms with van der Waals surface area (Å²) in [6.07, 6.45) is -3.77. The van der Waals surface area contributed by atoms with E-state index in [9.17, 15) is 22.8 Å². The molecule has 6 nitrogen and oxygen atoms in total. The molecule has 2 rings (SSSR count). The third kappa shape index (κ3) is 10.4. The van der Waals surface area contributed by atoms with Crippen molar-refractivity contribution in [3.8, 4) is 5.75 Å². The number of carbonyl (C=O) groups excluding carboxylic acids is 2. The lowest BCUT2D eigenvalue weighted by Gasteiger charge is -2.09. The monoisotopic (exact) mass is 453 g/mol. The van der Waals surface area contributed by atoms with Crippen molar-refractivity contribution in [2.75, 3.05) is 19.8 Å². The third-order valence-corrected chi connectivity index (χ3v) is 4.26. The summed E-state index contributed by atoms with van der Waals surface area (Å²) in [5.41, 5.74) is 2.06. The average Bonchev–Trinajstić information content (AvgIpc) is 2.77. The molecule has 0 bridgehead atoms. The molecule has 0 radical (unpaired) electrons. The van der Waals surface area contributed by atoms with Gasteiger partial charge in [0.05, 0.1) is 19.6 Å². The van der Waals surface area contributed by atoms with Gasteiger partial charge in [-0.05, 0) is 36.1 Å². The van der Waals surface area contributed by atoms with Gasteiger partial charge >= 0.3 is 18.1 Å². The molecular formula is C23H26F3NO5. The van der Waals surface area contributed by atoms with E-state index in [0.29, 0.717) is 26.4 Å². The molecule has 0 saturated carbocycles. The van der Waals surface area contributed by atoms with Gasteiger partial charge in [-0.15, -0.1) is 0 Å². The van der Waals surface area contributed by atoms with Crippen molar-refractivity contribution in [1.29, 1.82) is 0 Å². The third-order valence-electron chi connectivity index (χ3n) is 4.26. The Morgan fingerprint density at radius 2 is 1.56 bits per heavy atom. The summed E-state index contributed by atoms with van der Waals surface area (Å²) >= 11 is 0. The van der Waals surface area contributed by atoms with Crippen molar-refractivity contribution < 1.29 is 37.0 Å². The van der Waals surface area contributed by atoms with Crippen molar-refractivity contribution in [3.63, 3.8) is 0 Å². The van der Waals surface area contributed by atoms with Crippen LogP contribution in [0.1, 0.15) is 30.4 Å². The molecule has 0 fully saturated rings. The SMILES string of the molecule is O=C(CCNCc1ccc(OCCCCOCc2ccccc2)cc1)OC(=O)C(F)(F)F. The molecule has 0 spiro atoms. The summed E-state index contributed by atoms with van der Waals surface area (Å²) in [5.74, 6) is -3.00. The van der Waals surface area contributed by atoms with Crippen LogP contribution < -0.4 is 10.1 Å². The highest BCUT2D eigenvalue weighted by Gasteiger charge is 2.42. The largest absolute Gasteiger partial charge is 0.494 e. The zero-order chi connectivity index (χ0) is 23.2.